The van der Waals surface area contributed by atoms with Gasteiger partial charge in [0.2, 0.25) is 5.91 Å². The van der Waals surface area contributed by atoms with Gasteiger partial charge in [-0.05, 0) is 38.3 Å². The Morgan fingerprint density at radius 3 is 2.88 bits per heavy atom. The van der Waals surface area contributed by atoms with Crippen LogP contribution in [0.3, 0.4) is 0 Å². The Labute approximate surface area is 103 Å². The van der Waals surface area contributed by atoms with E-state index in [0.717, 1.165) is 12.0 Å². The number of rotatable bonds is 6. The van der Waals surface area contributed by atoms with Crippen LogP contribution in [0.15, 0.2) is 24.5 Å². The summed E-state index contributed by atoms with van der Waals surface area (Å²) in [7, 11) is 0. The van der Waals surface area contributed by atoms with Crippen LogP contribution in [0.4, 0.5) is 0 Å². The lowest BCUT2D eigenvalue weighted by Gasteiger charge is -2.17. The third-order valence-electron chi connectivity index (χ3n) is 2.46. The predicted octanol–water partition coefficient (Wildman–Crippen LogP) is 1.26. The molecule has 1 amide bonds. The third kappa shape index (κ3) is 6.68. The summed E-state index contributed by atoms with van der Waals surface area (Å²) in [6.45, 7) is 4.50. The first-order valence-corrected chi connectivity index (χ1v) is 5.92. The van der Waals surface area contributed by atoms with Crippen LogP contribution in [0.2, 0.25) is 0 Å². The van der Waals surface area contributed by atoms with Crippen molar-refractivity contribution in [1.29, 1.82) is 0 Å². The van der Waals surface area contributed by atoms with Gasteiger partial charge in [-0.1, -0.05) is 6.07 Å². The van der Waals surface area contributed by atoms with E-state index < -0.39 is 0 Å². The molecule has 0 aliphatic carbocycles. The van der Waals surface area contributed by atoms with Crippen molar-refractivity contribution in [3.63, 3.8) is 0 Å². The van der Waals surface area contributed by atoms with Crippen LogP contribution in [0.5, 0.6) is 0 Å². The minimum Gasteiger partial charge on any atom is -0.356 e. The van der Waals surface area contributed by atoms with Gasteiger partial charge in [0.25, 0.3) is 0 Å². The average Bonchev–Trinajstić information content (AvgIpc) is 2.27. The van der Waals surface area contributed by atoms with Gasteiger partial charge < -0.3 is 11.1 Å². The van der Waals surface area contributed by atoms with Crippen LogP contribution in [-0.4, -0.2) is 23.0 Å². The first-order chi connectivity index (χ1) is 7.97. The lowest BCUT2D eigenvalue weighted by Crippen LogP contribution is -2.34. The van der Waals surface area contributed by atoms with Crippen LogP contribution < -0.4 is 11.1 Å². The van der Waals surface area contributed by atoms with E-state index in [4.69, 9.17) is 5.73 Å². The van der Waals surface area contributed by atoms with Crippen molar-refractivity contribution in [2.24, 2.45) is 5.73 Å². The van der Waals surface area contributed by atoms with E-state index in [1.165, 1.54) is 0 Å². The molecule has 0 unspecified atom stereocenters. The van der Waals surface area contributed by atoms with Gasteiger partial charge in [0.15, 0.2) is 0 Å². The summed E-state index contributed by atoms with van der Waals surface area (Å²) >= 11 is 0. The van der Waals surface area contributed by atoms with Crippen LogP contribution in [0.25, 0.3) is 0 Å². The van der Waals surface area contributed by atoms with Crippen molar-refractivity contribution in [3.8, 4) is 0 Å². The molecule has 0 bridgehead atoms. The molecule has 3 N–H and O–H groups in total. The molecule has 0 saturated heterocycles. The molecule has 4 nitrogen and oxygen atoms in total. The Kier molecular flexibility index (Phi) is 5.10. The van der Waals surface area contributed by atoms with Gasteiger partial charge in [-0.3, -0.25) is 9.78 Å². The fourth-order valence-electron chi connectivity index (χ4n) is 1.42. The summed E-state index contributed by atoms with van der Waals surface area (Å²) in [6, 6.07) is 3.90. The van der Waals surface area contributed by atoms with Crippen LogP contribution in [0, 0.1) is 0 Å². The number of hydrogen-bond donors (Lipinski definition) is 2. The maximum atomic E-state index is 11.5. The van der Waals surface area contributed by atoms with E-state index in [0.29, 0.717) is 19.4 Å². The minimum atomic E-state index is -0.277. The Bertz CT molecular complexity index is 343. The summed E-state index contributed by atoms with van der Waals surface area (Å²) in [5.41, 5.74) is 6.67. The zero-order chi connectivity index (χ0) is 12.7. The molecule has 1 heterocycles. The summed E-state index contributed by atoms with van der Waals surface area (Å²) in [5, 5.41) is 2.88. The molecule has 4 heteroatoms. The third-order valence-corrected chi connectivity index (χ3v) is 2.46. The van der Waals surface area contributed by atoms with Crippen LogP contribution in [-0.2, 0) is 11.2 Å². The highest BCUT2D eigenvalue weighted by atomic mass is 16.1. The van der Waals surface area contributed by atoms with Gasteiger partial charge in [-0.25, -0.2) is 0 Å². The van der Waals surface area contributed by atoms with Gasteiger partial charge >= 0.3 is 0 Å². The number of nitrogens with two attached hydrogens (primary N) is 1. The molecule has 1 aromatic heterocycles. The van der Waals surface area contributed by atoms with E-state index >= 15 is 0 Å². The molecule has 0 atom stereocenters. The van der Waals surface area contributed by atoms with Gasteiger partial charge in [0.05, 0.1) is 0 Å². The number of pyridine rings is 1. The number of carbonyl (C=O) groups excluding carboxylic acids is 1. The van der Waals surface area contributed by atoms with E-state index in [1.807, 2.05) is 32.2 Å². The van der Waals surface area contributed by atoms with E-state index in [-0.39, 0.29) is 11.4 Å². The number of nitrogens with zero attached hydrogens (tertiary/aromatic N) is 1. The second kappa shape index (κ2) is 6.35. The number of carbonyl (C=O) groups is 1. The van der Waals surface area contributed by atoms with Crippen molar-refractivity contribution in [2.75, 3.05) is 6.54 Å². The van der Waals surface area contributed by atoms with E-state index in [9.17, 15) is 4.79 Å². The molecule has 0 fully saturated rings. The zero-order valence-corrected chi connectivity index (χ0v) is 10.6. The van der Waals surface area contributed by atoms with Crippen molar-refractivity contribution < 1.29 is 4.79 Å². The van der Waals surface area contributed by atoms with Crippen molar-refractivity contribution in [2.45, 2.75) is 38.6 Å². The van der Waals surface area contributed by atoms with Gasteiger partial charge in [0.1, 0.15) is 0 Å². The second-order valence-electron chi connectivity index (χ2n) is 4.95. The maximum Gasteiger partial charge on any atom is 0.220 e. The van der Waals surface area contributed by atoms with Gasteiger partial charge in [0, 0.05) is 30.9 Å². The molecule has 0 spiro atoms. The normalized spacial score (nSPS) is 11.2. The number of nitrogens with one attached hydrogen (secondary N) is 1. The first-order valence-electron chi connectivity index (χ1n) is 5.92. The number of hydrogen-bond acceptors (Lipinski definition) is 3. The van der Waals surface area contributed by atoms with Crippen molar-refractivity contribution in [1.82, 2.24) is 10.3 Å². The minimum absolute atomic E-state index is 0.0624. The molecule has 0 saturated carbocycles. The molecule has 0 aliphatic rings. The van der Waals surface area contributed by atoms with Crippen LogP contribution in [0.1, 0.15) is 32.3 Å². The Hall–Kier alpha value is -1.42. The molecular weight excluding hydrogens is 214 g/mol. The predicted molar refractivity (Wildman–Crippen MR) is 68.5 cm³/mol. The quantitative estimate of drug-likeness (QED) is 0.780. The maximum absolute atomic E-state index is 11.5. The van der Waals surface area contributed by atoms with Gasteiger partial charge in [-0.2, -0.15) is 0 Å². The number of aromatic nitrogens is 1. The lowest BCUT2D eigenvalue weighted by atomic mass is 10.00. The summed E-state index contributed by atoms with van der Waals surface area (Å²) < 4.78 is 0. The lowest BCUT2D eigenvalue weighted by molar-refractivity contribution is -0.121. The fourth-order valence-corrected chi connectivity index (χ4v) is 1.42. The van der Waals surface area contributed by atoms with Crippen molar-refractivity contribution >= 4 is 5.91 Å². The number of amides is 1. The highest BCUT2D eigenvalue weighted by Crippen LogP contribution is 2.06. The highest BCUT2D eigenvalue weighted by Gasteiger charge is 2.12. The van der Waals surface area contributed by atoms with Crippen molar-refractivity contribution in [3.05, 3.63) is 30.1 Å². The Morgan fingerprint density at radius 1 is 1.53 bits per heavy atom. The largest absolute Gasteiger partial charge is 0.356 e. The standard InChI is InChI=1S/C13H21N3O/c1-13(2,14)7-5-12(17)16-9-6-11-4-3-8-15-10-11/h3-4,8,10H,5-7,9,14H2,1-2H3,(H,16,17). The topological polar surface area (TPSA) is 68.0 Å². The molecule has 0 aliphatic heterocycles. The van der Waals surface area contributed by atoms with E-state index in [1.54, 1.807) is 6.20 Å². The monoisotopic (exact) mass is 235 g/mol. The summed E-state index contributed by atoms with van der Waals surface area (Å²) in [4.78, 5) is 15.5. The SMILES string of the molecule is CC(C)(N)CCC(=O)NCCc1cccnc1. The second-order valence-corrected chi connectivity index (χ2v) is 4.95. The fraction of sp³-hybridized carbons (Fsp3) is 0.538. The average molecular weight is 235 g/mol. The molecule has 17 heavy (non-hydrogen) atoms. The molecule has 1 aromatic rings. The Morgan fingerprint density at radius 2 is 2.29 bits per heavy atom. The van der Waals surface area contributed by atoms with E-state index in [2.05, 4.69) is 10.3 Å². The molecular formula is C13H21N3O. The molecule has 1 rings (SSSR count). The zero-order valence-electron chi connectivity index (χ0n) is 10.6. The molecule has 0 aromatic carbocycles. The molecule has 0 radical (unpaired) electrons. The smallest absolute Gasteiger partial charge is 0.220 e. The Balaban J connectivity index is 2.17. The summed E-state index contributed by atoms with van der Waals surface area (Å²) in [6.07, 6.45) is 5.55. The first kappa shape index (κ1) is 13.6. The van der Waals surface area contributed by atoms with Gasteiger partial charge in [-0.15, -0.1) is 0 Å². The summed E-state index contributed by atoms with van der Waals surface area (Å²) in [5.74, 6) is 0.0624. The van der Waals surface area contributed by atoms with Crippen LogP contribution >= 0.6 is 0 Å². The molecule has 94 valence electrons. The highest BCUT2D eigenvalue weighted by molar-refractivity contribution is 5.75.